The topological polar surface area (TPSA) is 76.0 Å². The van der Waals surface area contributed by atoms with Crippen molar-refractivity contribution in [3.63, 3.8) is 0 Å². The van der Waals surface area contributed by atoms with Gasteiger partial charge >= 0.3 is 0 Å². The molecule has 2 fully saturated rings. The molecule has 3 unspecified atom stereocenters. The van der Waals surface area contributed by atoms with E-state index in [9.17, 15) is 9.59 Å². The van der Waals surface area contributed by atoms with Crippen molar-refractivity contribution in [3.8, 4) is 0 Å². The zero-order valence-electron chi connectivity index (χ0n) is 15.6. The van der Waals surface area contributed by atoms with Crippen LogP contribution in [0.4, 0.5) is 11.4 Å². The van der Waals surface area contributed by atoms with Crippen molar-refractivity contribution in [2.24, 2.45) is 17.8 Å². The highest BCUT2D eigenvalue weighted by Crippen LogP contribution is 2.49. The number of nitrogens with zero attached hydrogens (tertiary/aromatic N) is 2. The van der Waals surface area contributed by atoms with E-state index in [1.165, 1.54) is 25.7 Å². The van der Waals surface area contributed by atoms with E-state index in [-0.39, 0.29) is 17.5 Å². The quantitative estimate of drug-likeness (QED) is 0.813. The summed E-state index contributed by atoms with van der Waals surface area (Å²) in [5.74, 6) is 1.69. The zero-order chi connectivity index (χ0) is 18.8. The molecule has 6 heteroatoms. The molecular weight excluding hydrogens is 340 g/mol. The molecule has 1 aromatic heterocycles. The van der Waals surface area contributed by atoms with Crippen LogP contribution >= 0.6 is 0 Å². The van der Waals surface area contributed by atoms with Crippen LogP contribution in [-0.2, 0) is 11.3 Å². The van der Waals surface area contributed by atoms with Gasteiger partial charge in [-0.15, -0.1) is 0 Å². The number of amides is 2. The number of carbonyl (C=O) groups is 2. The van der Waals surface area contributed by atoms with E-state index < -0.39 is 0 Å². The van der Waals surface area contributed by atoms with Gasteiger partial charge < -0.3 is 10.6 Å². The second-order valence-corrected chi connectivity index (χ2v) is 7.75. The highest BCUT2D eigenvalue weighted by atomic mass is 16.2. The van der Waals surface area contributed by atoms with Gasteiger partial charge in [0, 0.05) is 24.8 Å². The number of aryl methyl sites for hydroxylation is 1. The van der Waals surface area contributed by atoms with Gasteiger partial charge in [0.15, 0.2) is 5.69 Å². The lowest BCUT2D eigenvalue weighted by atomic mass is 9.86. The summed E-state index contributed by atoms with van der Waals surface area (Å²) in [6.45, 7) is 2.58. The van der Waals surface area contributed by atoms with Crippen molar-refractivity contribution in [2.45, 2.75) is 45.6 Å². The Morgan fingerprint density at radius 3 is 2.63 bits per heavy atom. The SMILES string of the molecule is CCn1cc(NC(=O)CC2CC3CCC2C3)c(C(=O)Nc2ccccc2)n1. The summed E-state index contributed by atoms with van der Waals surface area (Å²) in [6.07, 6.45) is 7.33. The molecule has 0 saturated heterocycles. The number of rotatable bonds is 6. The molecule has 1 aromatic carbocycles. The van der Waals surface area contributed by atoms with Gasteiger partial charge in [0.1, 0.15) is 0 Å². The molecule has 2 amide bonds. The maximum absolute atomic E-state index is 12.7. The zero-order valence-corrected chi connectivity index (χ0v) is 15.6. The Labute approximate surface area is 159 Å². The molecule has 4 rings (SSSR count). The second kappa shape index (κ2) is 7.55. The summed E-state index contributed by atoms with van der Waals surface area (Å²) >= 11 is 0. The molecule has 2 aliphatic carbocycles. The van der Waals surface area contributed by atoms with E-state index in [1.807, 2.05) is 37.3 Å². The third-order valence-corrected chi connectivity index (χ3v) is 5.94. The molecule has 0 radical (unpaired) electrons. The highest BCUT2D eigenvalue weighted by molar-refractivity contribution is 6.08. The molecule has 142 valence electrons. The van der Waals surface area contributed by atoms with Gasteiger partial charge in [-0.05, 0) is 56.1 Å². The van der Waals surface area contributed by atoms with Crippen molar-refractivity contribution in [2.75, 3.05) is 10.6 Å². The third kappa shape index (κ3) is 3.89. The maximum atomic E-state index is 12.7. The molecule has 2 aromatic rings. The van der Waals surface area contributed by atoms with Crippen LogP contribution in [-0.4, -0.2) is 21.6 Å². The maximum Gasteiger partial charge on any atom is 0.278 e. The molecule has 0 spiro atoms. The summed E-state index contributed by atoms with van der Waals surface area (Å²) in [5.41, 5.74) is 1.44. The molecule has 2 bridgehead atoms. The van der Waals surface area contributed by atoms with Crippen LogP contribution in [0.3, 0.4) is 0 Å². The second-order valence-electron chi connectivity index (χ2n) is 7.75. The number of benzene rings is 1. The fourth-order valence-electron chi connectivity index (χ4n) is 4.62. The van der Waals surface area contributed by atoms with Crippen molar-refractivity contribution in [3.05, 3.63) is 42.2 Å². The minimum Gasteiger partial charge on any atom is -0.323 e. The van der Waals surface area contributed by atoms with Crippen LogP contribution < -0.4 is 10.6 Å². The minimum atomic E-state index is -0.316. The van der Waals surface area contributed by atoms with E-state index >= 15 is 0 Å². The predicted octanol–water partition coefficient (Wildman–Crippen LogP) is 3.92. The number of fused-ring (bicyclic) bond motifs is 2. The van der Waals surface area contributed by atoms with Crippen LogP contribution in [0.1, 0.15) is 49.5 Å². The minimum absolute atomic E-state index is 0.0167. The molecular formula is C21H26N4O2. The lowest BCUT2D eigenvalue weighted by molar-refractivity contribution is -0.117. The Hall–Kier alpha value is -2.63. The monoisotopic (exact) mass is 366 g/mol. The number of para-hydroxylation sites is 1. The molecule has 2 N–H and O–H groups in total. The first kappa shape index (κ1) is 17.8. The molecule has 0 aliphatic heterocycles. The Morgan fingerprint density at radius 1 is 1.15 bits per heavy atom. The van der Waals surface area contributed by atoms with Gasteiger partial charge in [-0.25, -0.2) is 0 Å². The van der Waals surface area contributed by atoms with Crippen molar-refractivity contribution in [1.82, 2.24) is 9.78 Å². The Morgan fingerprint density at radius 2 is 1.96 bits per heavy atom. The number of aromatic nitrogens is 2. The number of hydrogen-bond donors (Lipinski definition) is 2. The van der Waals surface area contributed by atoms with Crippen LogP contribution in [0.2, 0.25) is 0 Å². The standard InChI is InChI=1S/C21H26N4O2/c1-2-25-13-18(20(24-25)21(27)22-17-6-4-3-5-7-17)23-19(26)12-16-11-14-8-9-15(16)10-14/h3-7,13-16H,2,8-12H2,1H3,(H,22,27)(H,23,26). The molecule has 1 heterocycles. The highest BCUT2D eigenvalue weighted by Gasteiger charge is 2.40. The number of anilines is 2. The first-order valence-corrected chi connectivity index (χ1v) is 9.86. The van der Waals surface area contributed by atoms with Gasteiger partial charge in [0.2, 0.25) is 5.91 Å². The fourth-order valence-corrected chi connectivity index (χ4v) is 4.62. The number of hydrogen-bond acceptors (Lipinski definition) is 3. The summed E-state index contributed by atoms with van der Waals surface area (Å²) in [4.78, 5) is 25.3. The number of nitrogens with one attached hydrogen (secondary N) is 2. The summed E-state index contributed by atoms with van der Waals surface area (Å²) in [5, 5.41) is 10.1. The molecule has 3 atom stereocenters. The Kier molecular flexibility index (Phi) is 4.97. The van der Waals surface area contributed by atoms with Crippen LogP contribution in [0.25, 0.3) is 0 Å². The van der Waals surface area contributed by atoms with Gasteiger partial charge in [0.05, 0.1) is 5.69 Å². The van der Waals surface area contributed by atoms with E-state index in [4.69, 9.17) is 0 Å². The smallest absolute Gasteiger partial charge is 0.278 e. The first-order chi connectivity index (χ1) is 13.1. The van der Waals surface area contributed by atoms with Crippen LogP contribution in [0.15, 0.2) is 36.5 Å². The molecule has 6 nitrogen and oxygen atoms in total. The van der Waals surface area contributed by atoms with Gasteiger partial charge in [-0.2, -0.15) is 5.10 Å². The van der Waals surface area contributed by atoms with Gasteiger partial charge in [-0.1, -0.05) is 24.6 Å². The lowest BCUT2D eigenvalue weighted by Gasteiger charge is -2.20. The van der Waals surface area contributed by atoms with Crippen molar-refractivity contribution >= 4 is 23.2 Å². The fraction of sp³-hybridized carbons (Fsp3) is 0.476. The van der Waals surface area contributed by atoms with E-state index in [0.29, 0.717) is 36.2 Å². The Bertz CT molecular complexity index is 830. The molecule has 2 aliphatic rings. The van der Waals surface area contributed by atoms with Crippen molar-refractivity contribution in [1.29, 1.82) is 0 Å². The first-order valence-electron chi connectivity index (χ1n) is 9.86. The van der Waals surface area contributed by atoms with Gasteiger partial charge in [-0.3, -0.25) is 14.3 Å². The van der Waals surface area contributed by atoms with Crippen LogP contribution in [0.5, 0.6) is 0 Å². The van der Waals surface area contributed by atoms with Crippen LogP contribution in [0, 0.1) is 17.8 Å². The normalized spacial score (nSPS) is 23.4. The molecule has 27 heavy (non-hydrogen) atoms. The average molecular weight is 366 g/mol. The number of carbonyl (C=O) groups excluding carboxylic acids is 2. The van der Waals surface area contributed by atoms with Gasteiger partial charge in [0.25, 0.3) is 5.91 Å². The predicted molar refractivity (Wildman–Crippen MR) is 104 cm³/mol. The summed E-state index contributed by atoms with van der Waals surface area (Å²) in [6, 6.07) is 9.25. The van der Waals surface area contributed by atoms with E-state index in [1.54, 1.807) is 10.9 Å². The third-order valence-electron chi connectivity index (χ3n) is 5.94. The summed E-state index contributed by atoms with van der Waals surface area (Å²) in [7, 11) is 0. The Balaban J connectivity index is 1.44. The average Bonchev–Trinajstić information content (AvgIpc) is 3.38. The lowest BCUT2D eigenvalue weighted by Crippen LogP contribution is -2.22. The summed E-state index contributed by atoms with van der Waals surface area (Å²) < 4.78 is 1.67. The van der Waals surface area contributed by atoms with Crippen molar-refractivity contribution < 1.29 is 9.59 Å². The largest absolute Gasteiger partial charge is 0.323 e. The molecule has 2 saturated carbocycles. The van der Waals surface area contributed by atoms with E-state index in [0.717, 1.165) is 5.92 Å². The van der Waals surface area contributed by atoms with E-state index in [2.05, 4.69) is 15.7 Å².